The number of rotatable bonds is 2. The quantitative estimate of drug-likeness (QED) is 0.782. The molecular formula is C25H37NO2. The summed E-state index contributed by atoms with van der Waals surface area (Å²) >= 11 is 0. The third-order valence-electron chi connectivity index (χ3n) is 11.9. The molecule has 0 aromatic rings. The second-order valence-corrected chi connectivity index (χ2v) is 12.0. The van der Waals surface area contributed by atoms with Gasteiger partial charge in [0.05, 0.1) is 0 Å². The van der Waals surface area contributed by atoms with Crippen molar-refractivity contribution in [1.29, 1.82) is 0 Å². The molecule has 9 unspecified atom stereocenters. The van der Waals surface area contributed by atoms with Crippen LogP contribution in [0.2, 0.25) is 0 Å². The smallest absolute Gasteiger partial charge is 0.184 e. The number of hydrogen-bond acceptors (Lipinski definition) is 3. The van der Waals surface area contributed by atoms with Crippen LogP contribution >= 0.6 is 0 Å². The molecule has 1 aliphatic heterocycles. The monoisotopic (exact) mass is 383 g/mol. The third-order valence-corrected chi connectivity index (χ3v) is 11.9. The standard InChI is InChI=1S/C25H37NO2/c1-15-24-12-11-22(2)16(5-6-18(22)19(28)13-27)17(24)7-8-20-23(3)14-26(4)21(23)9-10-25(15,20)24/h6,15-17,20-21,27H,5,7-14H2,1-4H3. The number of aliphatic hydroxyl groups excluding tert-OH is 1. The van der Waals surface area contributed by atoms with Crippen LogP contribution in [0.4, 0.5) is 0 Å². The number of Topliss-reactive ketones (excluding diaryl/α,β-unsaturated/α-hetero) is 1. The molecule has 0 aromatic carbocycles. The van der Waals surface area contributed by atoms with Gasteiger partial charge in [0.1, 0.15) is 6.61 Å². The molecule has 0 aromatic heterocycles. The predicted octanol–water partition coefficient (Wildman–Crippen LogP) is 4.06. The van der Waals surface area contributed by atoms with Gasteiger partial charge < -0.3 is 10.0 Å². The van der Waals surface area contributed by atoms with Crippen LogP contribution in [0.5, 0.6) is 0 Å². The summed E-state index contributed by atoms with van der Waals surface area (Å²) in [5.74, 6) is 3.18. The number of ketones is 1. The molecule has 6 aliphatic rings. The molecule has 0 amide bonds. The van der Waals surface area contributed by atoms with Crippen molar-refractivity contribution >= 4 is 5.78 Å². The Labute approximate surface area is 169 Å². The first-order valence-corrected chi connectivity index (χ1v) is 11.8. The summed E-state index contributed by atoms with van der Waals surface area (Å²) in [6.07, 6.45) is 11.4. The third kappa shape index (κ3) is 1.62. The van der Waals surface area contributed by atoms with Gasteiger partial charge >= 0.3 is 0 Å². The van der Waals surface area contributed by atoms with Crippen molar-refractivity contribution in [1.82, 2.24) is 4.90 Å². The van der Waals surface area contributed by atoms with E-state index in [0.717, 1.165) is 42.2 Å². The molecule has 28 heavy (non-hydrogen) atoms. The lowest BCUT2D eigenvalue weighted by Gasteiger charge is -2.67. The van der Waals surface area contributed by atoms with E-state index in [9.17, 15) is 9.90 Å². The molecule has 1 saturated heterocycles. The fourth-order valence-electron chi connectivity index (χ4n) is 11.0. The average molecular weight is 384 g/mol. The maximum absolute atomic E-state index is 12.5. The highest BCUT2D eigenvalue weighted by Gasteiger charge is 2.85. The minimum atomic E-state index is -0.320. The number of carbonyl (C=O) groups is 1. The van der Waals surface area contributed by atoms with Crippen LogP contribution in [-0.4, -0.2) is 42.0 Å². The first-order valence-electron chi connectivity index (χ1n) is 11.8. The lowest BCUT2D eigenvalue weighted by atomic mass is 9.44. The fraction of sp³-hybridized carbons (Fsp3) is 0.880. The summed E-state index contributed by atoms with van der Waals surface area (Å²) in [6.45, 7) is 8.55. The van der Waals surface area contributed by atoms with Crippen LogP contribution < -0.4 is 0 Å². The van der Waals surface area contributed by atoms with Crippen LogP contribution in [0, 0.1) is 45.3 Å². The Kier molecular flexibility index (Phi) is 3.33. The normalized spacial score (nSPS) is 59.0. The Hall–Kier alpha value is -0.670. The molecule has 9 atom stereocenters. The van der Waals surface area contributed by atoms with Crippen LogP contribution in [0.1, 0.15) is 65.7 Å². The Bertz CT molecular complexity index is 789. The lowest BCUT2D eigenvalue weighted by Crippen LogP contribution is -2.69. The van der Waals surface area contributed by atoms with Gasteiger partial charge in [-0.15, -0.1) is 0 Å². The van der Waals surface area contributed by atoms with Crippen molar-refractivity contribution in [3.05, 3.63) is 11.6 Å². The Morgan fingerprint density at radius 3 is 2.64 bits per heavy atom. The topological polar surface area (TPSA) is 40.5 Å². The van der Waals surface area contributed by atoms with Crippen LogP contribution in [0.25, 0.3) is 0 Å². The predicted molar refractivity (Wildman–Crippen MR) is 110 cm³/mol. The van der Waals surface area contributed by atoms with E-state index in [0.29, 0.717) is 22.2 Å². The number of allylic oxidation sites excluding steroid dienone is 1. The molecule has 2 spiro atoms. The number of hydrogen-bond donors (Lipinski definition) is 1. The summed E-state index contributed by atoms with van der Waals surface area (Å²) < 4.78 is 0. The van der Waals surface area contributed by atoms with Gasteiger partial charge in [-0.2, -0.15) is 0 Å². The van der Waals surface area contributed by atoms with Crippen molar-refractivity contribution in [2.24, 2.45) is 45.3 Å². The summed E-state index contributed by atoms with van der Waals surface area (Å²) in [5, 5.41) is 9.50. The van der Waals surface area contributed by atoms with Crippen molar-refractivity contribution in [3.8, 4) is 0 Å². The van der Waals surface area contributed by atoms with E-state index in [1.54, 1.807) is 0 Å². The number of fused-ring (bicyclic) bond motifs is 4. The molecule has 4 saturated carbocycles. The molecule has 154 valence electrons. The van der Waals surface area contributed by atoms with E-state index in [1.165, 1.54) is 38.6 Å². The largest absolute Gasteiger partial charge is 0.388 e. The van der Waals surface area contributed by atoms with E-state index >= 15 is 0 Å². The molecule has 3 nitrogen and oxygen atoms in total. The Morgan fingerprint density at radius 2 is 1.93 bits per heavy atom. The fourth-order valence-corrected chi connectivity index (χ4v) is 11.0. The van der Waals surface area contributed by atoms with Crippen molar-refractivity contribution in [3.63, 3.8) is 0 Å². The molecule has 5 fully saturated rings. The molecule has 5 aliphatic carbocycles. The van der Waals surface area contributed by atoms with Gasteiger partial charge in [-0.3, -0.25) is 4.79 Å². The SMILES string of the molecule is CC1C23CCC4(C)C(C(=O)CO)=CCC4C2CCC2C4(C)CN(C)C4CCC213. The highest BCUT2D eigenvalue weighted by molar-refractivity contribution is 5.98. The highest BCUT2D eigenvalue weighted by atomic mass is 16.3. The number of aliphatic hydroxyl groups is 1. The minimum Gasteiger partial charge on any atom is -0.388 e. The van der Waals surface area contributed by atoms with Gasteiger partial charge in [-0.05, 0) is 103 Å². The van der Waals surface area contributed by atoms with E-state index < -0.39 is 0 Å². The molecule has 3 heteroatoms. The van der Waals surface area contributed by atoms with Gasteiger partial charge in [-0.1, -0.05) is 26.8 Å². The zero-order valence-electron chi connectivity index (χ0n) is 18.1. The molecular weight excluding hydrogens is 346 g/mol. The van der Waals surface area contributed by atoms with Crippen LogP contribution in [0.3, 0.4) is 0 Å². The number of nitrogens with zero attached hydrogens (tertiary/aromatic N) is 1. The van der Waals surface area contributed by atoms with Crippen LogP contribution in [-0.2, 0) is 4.79 Å². The minimum absolute atomic E-state index is 0.0151. The first-order chi connectivity index (χ1) is 13.3. The maximum atomic E-state index is 12.5. The molecule has 0 radical (unpaired) electrons. The highest BCUT2D eigenvalue weighted by Crippen LogP contribution is 2.89. The van der Waals surface area contributed by atoms with E-state index in [-0.39, 0.29) is 17.8 Å². The van der Waals surface area contributed by atoms with E-state index in [2.05, 4.69) is 38.8 Å². The second-order valence-electron chi connectivity index (χ2n) is 12.0. The van der Waals surface area contributed by atoms with Crippen molar-refractivity contribution < 1.29 is 9.90 Å². The van der Waals surface area contributed by atoms with E-state index in [4.69, 9.17) is 0 Å². The Morgan fingerprint density at radius 1 is 1.14 bits per heavy atom. The van der Waals surface area contributed by atoms with Crippen molar-refractivity contribution in [2.45, 2.75) is 71.8 Å². The summed E-state index contributed by atoms with van der Waals surface area (Å²) in [7, 11) is 2.33. The summed E-state index contributed by atoms with van der Waals surface area (Å²) in [6, 6.07) is 0.820. The maximum Gasteiger partial charge on any atom is 0.184 e. The van der Waals surface area contributed by atoms with Gasteiger partial charge in [-0.25, -0.2) is 0 Å². The zero-order chi connectivity index (χ0) is 19.7. The van der Waals surface area contributed by atoms with Crippen LogP contribution in [0.15, 0.2) is 11.6 Å². The van der Waals surface area contributed by atoms with Gasteiger partial charge in [0.15, 0.2) is 5.78 Å². The molecule has 1 N–H and O–H groups in total. The summed E-state index contributed by atoms with van der Waals surface area (Å²) in [4.78, 5) is 15.1. The van der Waals surface area contributed by atoms with Crippen molar-refractivity contribution in [2.75, 3.05) is 20.2 Å². The molecule has 1 heterocycles. The van der Waals surface area contributed by atoms with Gasteiger partial charge in [0.2, 0.25) is 0 Å². The lowest BCUT2D eigenvalue weighted by molar-refractivity contribution is -0.177. The number of likely N-dealkylation sites (tertiary alicyclic amines) is 1. The zero-order valence-corrected chi connectivity index (χ0v) is 18.1. The molecule has 0 bridgehead atoms. The molecule has 6 rings (SSSR count). The van der Waals surface area contributed by atoms with Gasteiger partial charge in [0.25, 0.3) is 0 Å². The summed E-state index contributed by atoms with van der Waals surface area (Å²) in [5.41, 5.74) is 2.67. The van der Waals surface area contributed by atoms with Gasteiger partial charge in [0, 0.05) is 12.6 Å². The average Bonchev–Trinajstić information content (AvgIpc) is 2.99. The first kappa shape index (κ1) is 18.1. The van der Waals surface area contributed by atoms with E-state index in [1.807, 2.05) is 0 Å². The second kappa shape index (κ2) is 5.14. The Balaban J connectivity index is 1.37. The number of carbonyl (C=O) groups excluding carboxylic acids is 1.